The van der Waals surface area contributed by atoms with Gasteiger partial charge in [-0.2, -0.15) is 0 Å². The third-order valence-electron chi connectivity index (χ3n) is 13.2. The van der Waals surface area contributed by atoms with Crippen molar-refractivity contribution in [1.29, 1.82) is 0 Å². The summed E-state index contributed by atoms with van der Waals surface area (Å²) in [7, 11) is 0. The van der Waals surface area contributed by atoms with E-state index in [4.69, 9.17) is 14.2 Å². The molecule has 0 saturated carbocycles. The van der Waals surface area contributed by atoms with E-state index in [1.165, 1.54) is 103 Å². The van der Waals surface area contributed by atoms with Crippen LogP contribution in [0.15, 0.2) is 109 Å². The molecule has 0 bridgehead atoms. The Morgan fingerprint density at radius 3 is 0.813 bits per heavy atom. The smallest absolute Gasteiger partial charge is 0.306 e. The Kier molecular flexibility index (Phi) is 59.3. The van der Waals surface area contributed by atoms with Crippen molar-refractivity contribution < 1.29 is 28.6 Å². The molecule has 6 nitrogen and oxygen atoms in total. The van der Waals surface area contributed by atoms with Crippen molar-refractivity contribution in [1.82, 2.24) is 0 Å². The quantitative estimate of drug-likeness (QED) is 0.0261. The Morgan fingerprint density at radius 1 is 0.280 bits per heavy atom. The normalized spacial score (nSPS) is 12.8. The maximum absolute atomic E-state index is 12.9. The van der Waals surface area contributed by atoms with Crippen molar-refractivity contribution in [3.05, 3.63) is 109 Å². The van der Waals surface area contributed by atoms with E-state index in [2.05, 4.69) is 130 Å². The minimum Gasteiger partial charge on any atom is -0.462 e. The molecule has 0 spiro atoms. The monoisotopic (exact) mass is 1040 g/mol. The molecule has 428 valence electrons. The minimum atomic E-state index is -0.795. The molecular weight excluding hydrogens is 925 g/mol. The lowest BCUT2D eigenvalue weighted by molar-refractivity contribution is -0.167. The zero-order valence-electron chi connectivity index (χ0n) is 49.0. The largest absolute Gasteiger partial charge is 0.462 e. The van der Waals surface area contributed by atoms with Crippen LogP contribution in [0.25, 0.3) is 0 Å². The lowest BCUT2D eigenvalue weighted by Gasteiger charge is -2.18. The molecule has 1 atom stereocenters. The summed E-state index contributed by atoms with van der Waals surface area (Å²) in [6.45, 7) is 6.38. The van der Waals surface area contributed by atoms with E-state index < -0.39 is 6.10 Å². The zero-order chi connectivity index (χ0) is 54.3. The number of unbranched alkanes of at least 4 members (excludes halogenated alkanes) is 27. The molecule has 0 saturated heterocycles. The number of carbonyl (C=O) groups is 3. The van der Waals surface area contributed by atoms with Gasteiger partial charge in [0.25, 0.3) is 0 Å². The van der Waals surface area contributed by atoms with Gasteiger partial charge < -0.3 is 14.2 Å². The second kappa shape index (κ2) is 62.6. The number of esters is 3. The van der Waals surface area contributed by atoms with Crippen LogP contribution in [0.3, 0.4) is 0 Å². The molecule has 0 N–H and O–H groups in total. The average molecular weight is 1040 g/mol. The van der Waals surface area contributed by atoms with E-state index in [1.807, 2.05) is 0 Å². The summed E-state index contributed by atoms with van der Waals surface area (Å²) in [5.41, 5.74) is 0. The lowest BCUT2D eigenvalue weighted by Crippen LogP contribution is -2.30. The number of ether oxygens (including phenoxy) is 3. The van der Waals surface area contributed by atoms with Gasteiger partial charge in [-0.3, -0.25) is 14.4 Å². The van der Waals surface area contributed by atoms with Gasteiger partial charge in [-0.05, 0) is 122 Å². The van der Waals surface area contributed by atoms with E-state index in [0.717, 1.165) is 148 Å². The van der Waals surface area contributed by atoms with Crippen LogP contribution >= 0.6 is 0 Å². The van der Waals surface area contributed by atoms with Crippen molar-refractivity contribution >= 4 is 17.9 Å². The van der Waals surface area contributed by atoms with E-state index in [-0.39, 0.29) is 31.1 Å². The van der Waals surface area contributed by atoms with Gasteiger partial charge in [0.15, 0.2) is 6.10 Å². The molecule has 0 radical (unpaired) electrons. The van der Waals surface area contributed by atoms with Crippen molar-refractivity contribution in [3.63, 3.8) is 0 Å². The number of hydrogen-bond acceptors (Lipinski definition) is 6. The highest BCUT2D eigenvalue weighted by molar-refractivity contribution is 5.71. The second-order valence-electron chi connectivity index (χ2n) is 20.5. The number of rotatable bonds is 56. The van der Waals surface area contributed by atoms with Gasteiger partial charge in [0.2, 0.25) is 0 Å². The molecule has 6 heteroatoms. The van der Waals surface area contributed by atoms with Gasteiger partial charge in [0.1, 0.15) is 13.2 Å². The Bertz CT molecular complexity index is 1520. The van der Waals surface area contributed by atoms with Crippen molar-refractivity contribution in [2.75, 3.05) is 13.2 Å². The van der Waals surface area contributed by atoms with Crippen LogP contribution in [0.4, 0.5) is 0 Å². The molecule has 0 fully saturated rings. The first-order valence-corrected chi connectivity index (χ1v) is 31.4. The molecule has 0 aromatic rings. The van der Waals surface area contributed by atoms with E-state index in [0.29, 0.717) is 19.3 Å². The van der Waals surface area contributed by atoms with Crippen LogP contribution in [0.5, 0.6) is 0 Å². The lowest BCUT2D eigenvalue weighted by atomic mass is 10.0. The van der Waals surface area contributed by atoms with Gasteiger partial charge >= 0.3 is 17.9 Å². The standard InChI is InChI=1S/C69H116O6/c1-4-7-10-13-16-19-22-25-28-29-30-31-32-33-34-35-36-37-38-39-42-44-47-50-53-56-59-62-68(71)74-65-66(75-69(72)63-60-57-54-51-48-45-41-27-24-21-18-15-12-9-6-3)64-73-67(70)61-58-55-52-49-46-43-40-26-23-20-17-14-11-8-5-2/h7,9-10,12,16-21,25-28,30-31,40-41,66H,4-6,8,11,13-15,22-24,29,32-39,42-65H2,1-3H3/b10-7-,12-9-,19-16-,20-17-,21-18-,28-25-,31-30-,40-26-,41-27-. The summed E-state index contributed by atoms with van der Waals surface area (Å²) in [6.07, 6.45) is 85.2. The SMILES string of the molecule is CC/C=C\C/C=C\C/C=C\C/C=C\CCCCCCCCCCCCCCCCC(=O)OCC(COC(=O)CCCCCCC/C=C\C/C=C\CCCCC)OC(=O)CCCCCCC/C=C\C/C=C\C/C=C\CC. The highest BCUT2D eigenvalue weighted by Gasteiger charge is 2.19. The first kappa shape index (κ1) is 71.1. The van der Waals surface area contributed by atoms with Crippen LogP contribution in [0.1, 0.15) is 290 Å². The molecule has 0 aliphatic heterocycles. The first-order chi connectivity index (χ1) is 37.0. The molecule has 0 amide bonds. The summed E-state index contributed by atoms with van der Waals surface area (Å²) >= 11 is 0. The van der Waals surface area contributed by atoms with Gasteiger partial charge in [0.05, 0.1) is 0 Å². The maximum Gasteiger partial charge on any atom is 0.306 e. The van der Waals surface area contributed by atoms with Crippen LogP contribution in [-0.4, -0.2) is 37.2 Å². The summed E-state index contributed by atoms with van der Waals surface area (Å²) in [6, 6.07) is 0. The summed E-state index contributed by atoms with van der Waals surface area (Å²) in [4.78, 5) is 38.3. The highest BCUT2D eigenvalue weighted by atomic mass is 16.6. The fourth-order valence-corrected chi connectivity index (χ4v) is 8.60. The van der Waals surface area contributed by atoms with Crippen LogP contribution in [-0.2, 0) is 28.6 Å². The van der Waals surface area contributed by atoms with Gasteiger partial charge in [0, 0.05) is 19.3 Å². The molecule has 1 unspecified atom stereocenters. The Hall–Kier alpha value is -3.93. The number of hydrogen-bond donors (Lipinski definition) is 0. The predicted octanol–water partition coefficient (Wildman–Crippen LogP) is 21.4. The molecule has 0 heterocycles. The third kappa shape index (κ3) is 60.8. The number of carbonyl (C=O) groups excluding carboxylic acids is 3. The molecule has 0 aliphatic rings. The molecule has 0 aromatic carbocycles. The first-order valence-electron chi connectivity index (χ1n) is 31.4. The summed E-state index contributed by atoms with van der Waals surface area (Å²) in [5.74, 6) is -0.916. The minimum absolute atomic E-state index is 0.0898. The Morgan fingerprint density at radius 2 is 0.520 bits per heavy atom. The molecule has 0 aliphatic carbocycles. The molecule has 0 rings (SSSR count). The molecule has 75 heavy (non-hydrogen) atoms. The summed E-state index contributed by atoms with van der Waals surface area (Å²) in [5, 5.41) is 0. The van der Waals surface area contributed by atoms with Gasteiger partial charge in [-0.25, -0.2) is 0 Å². The maximum atomic E-state index is 12.9. The topological polar surface area (TPSA) is 78.9 Å². The van der Waals surface area contributed by atoms with E-state index >= 15 is 0 Å². The predicted molar refractivity (Wildman–Crippen MR) is 325 cm³/mol. The second-order valence-corrected chi connectivity index (χ2v) is 20.5. The van der Waals surface area contributed by atoms with Crippen LogP contribution in [0.2, 0.25) is 0 Å². The average Bonchev–Trinajstić information content (AvgIpc) is 3.41. The van der Waals surface area contributed by atoms with Gasteiger partial charge in [-0.1, -0.05) is 259 Å². The zero-order valence-corrected chi connectivity index (χ0v) is 49.0. The third-order valence-corrected chi connectivity index (χ3v) is 13.2. The summed E-state index contributed by atoms with van der Waals surface area (Å²) < 4.78 is 16.9. The molecule has 0 aromatic heterocycles. The fraction of sp³-hybridized carbons (Fsp3) is 0.696. The van der Waals surface area contributed by atoms with Crippen molar-refractivity contribution in [3.8, 4) is 0 Å². The van der Waals surface area contributed by atoms with E-state index in [9.17, 15) is 14.4 Å². The fourth-order valence-electron chi connectivity index (χ4n) is 8.60. The molecular formula is C69H116O6. The van der Waals surface area contributed by atoms with Gasteiger partial charge in [-0.15, -0.1) is 0 Å². The van der Waals surface area contributed by atoms with Crippen molar-refractivity contribution in [2.45, 2.75) is 297 Å². The Labute approximate surface area is 463 Å². The van der Waals surface area contributed by atoms with Crippen molar-refractivity contribution in [2.24, 2.45) is 0 Å². The van der Waals surface area contributed by atoms with E-state index in [1.54, 1.807) is 0 Å². The highest BCUT2D eigenvalue weighted by Crippen LogP contribution is 2.16. The Balaban J connectivity index is 4.30. The van der Waals surface area contributed by atoms with Crippen LogP contribution in [0, 0.1) is 0 Å². The number of allylic oxidation sites excluding steroid dienone is 18. The van der Waals surface area contributed by atoms with Crippen LogP contribution < -0.4 is 0 Å².